The molecule has 2 N–H and O–H groups in total. The Bertz CT molecular complexity index is 1460. The molecule has 3 fully saturated rings. The number of aryl methyl sites for hydroxylation is 1. The molecule has 4 heterocycles. The monoisotopic (exact) mass is 575 g/mol. The van der Waals surface area contributed by atoms with Crippen molar-refractivity contribution in [3.05, 3.63) is 78.7 Å². The number of piperidine rings is 1. The van der Waals surface area contributed by atoms with Crippen LogP contribution in [0.25, 0.3) is 11.3 Å². The lowest BCUT2D eigenvalue weighted by molar-refractivity contribution is 0.0431. The van der Waals surface area contributed by atoms with E-state index in [9.17, 15) is 8.78 Å². The zero-order valence-corrected chi connectivity index (χ0v) is 24.8. The highest BCUT2D eigenvalue weighted by atomic mass is 19.3. The molecule has 0 spiro atoms. The van der Waals surface area contributed by atoms with Crippen LogP contribution in [0.4, 0.5) is 8.78 Å². The standard InChI is InChI=1S/C33H43F2N7/c1-6-20(3)33(16-25(32(34)35)18-36-22(33)5)17-26-12-13-29-39-27(19-42(29)40-26)31(30(23-8-9-23)24-10-11-24)38-21(4)28-14-15-37-41(28)7-2/h12-15,19,23-25,30-32,36,38H,3-11,16-18H2,1-2H3. The minimum atomic E-state index is -2.40. The molecule has 1 saturated heterocycles. The molecule has 0 aromatic carbocycles. The second kappa shape index (κ2) is 11.3. The molecular weight excluding hydrogens is 532 g/mol. The normalized spacial score (nSPS) is 23.4. The second-order valence-corrected chi connectivity index (χ2v) is 12.6. The number of fused-ring (bicyclic) bond motifs is 1. The minimum absolute atomic E-state index is 0.0168. The van der Waals surface area contributed by atoms with Crippen LogP contribution in [0.3, 0.4) is 0 Å². The van der Waals surface area contributed by atoms with E-state index in [0.29, 0.717) is 37.0 Å². The molecule has 0 amide bonds. The van der Waals surface area contributed by atoms with Gasteiger partial charge in [0.25, 0.3) is 0 Å². The van der Waals surface area contributed by atoms with Gasteiger partial charge in [0, 0.05) is 42.7 Å². The van der Waals surface area contributed by atoms with Crippen LogP contribution in [0.2, 0.25) is 0 Å². The van der Waals surface area contributed by atoms with E-state index >= 15 is 0 Å². The lowest BCUT2D eigenvalue weighted by Gasteiger charge is -2.44. The summed E-state index contributed by atoms with van der Waals surface area (Å²) in [6, 6.07) is 5.97. The van der Waals surface area contributed by atoms with Crippen molar-refractivity contribution in [1.29, 1.82) is 0 Å². The van der Waals surface area contributed by atoms with Crippen molar-refractivity contribution < 1.29 is 8.78 Å². The van der Waals surface area contributed by atoms with Gasteiger partial charge in [-0.2, -0.15) is 10.2 Å². The molecule has 3 aromatic heterocycles. The quantitative estimate of drug-likeness (QED) is 0.226. The summed E-state index contributed by atoms with van der Waals surface area (Å²) in [5, 5.41) is 16.4. The van der Waals surface area contributed by atoms with Gasteiger partial charge < -0.3 is 10.6 Å². The third-order valence-electron chi connectivity index (χ3n) is 9.79. The van der Waals surface area contributed by atoms with Gasteiger partial charge in [-0.3, -0.25) is 4.68 Å². The van der Waals surface area contributed by atoms with E-state index in [-0.39, 0.29) is 12.6 Å². The molecule has 224 valence electrons. The zero-order chi connectivity index (χ0) is 29.6. The third-order valence-corrected chi connectivity index (χ3v) is 9.79. The molecule has 9 heteroatoms. The lowest BCUT2D eigenvalue weighted by atomic mass is 9.66. The van der Waals surface area contributed by atoms with Gasteiger partial charge in [-0.15, -0.1) is 0 Å². The van der Waals surface area contributed by atoms with E-state index < -0.39 is 17.8 Å². The molecule has 2 aliphatic carbocycles. The summed E-state index contributed by atoms with van der Waals surface area (Å²) in [5.74, 6) is 1.12. The summed E-state index contributed by atoms with van der Waals surface area (Å²) in [4.78, 5) is 5.07. The predicted molar refractivity (Wildman–Crippen MR) is 162 cm³/mol. The molecule has 1 aliphatic heterocycles. The first-order valence-electron chi connectivity index (χ1n) is 15.5. The Labute approximate surface area is 247 Å². The molecule has 0 radical (unpaired) electrons. The number of hydrogen-bond acceptors (Lipinski definition) is 5. The Balaban J connectivity index is 1.32. The Morgan fingerprint density at radius 1 is 1.12 bits per heavy atom. The highest BCUT2D eigenvalue weighted by molar-refractivity contribution is 5.59. The molecule has 2 saturated carbocycles. The third kappa shape index (κ3) is 5.38. The van der Waals surface area contributed by atoms with E-state index in [1.165, 1.54) is 25.7 Å². The fraction of sp³-hybridized carbons (Fsp3) is 0.545. The Morgan fingerprint density at radius 3 is 2.50 bits per heavy atom. The Morgan fingerprint density at radius 2 is 1.86 bits per heavy atom. The molecule has 3 atom stereocenters. The van der Waals surface area contributed by atoms with Gasteiger partial charge >= 0.3 is 0 Å². The fourth-order valence-electron chi connectivity index (χ4n) is 7.10. The van der Waals surface area contributed by atoms with E-state index in [1.54, 1.807) is 0 Å². The fourth-order valence-corrected chi connectivity index (χ4v) is 7.10. The van der Waals surface area contributed by atoms with Gasteiger partial charge in [-0.05, 0) is 81.4 Å². The first-order chi connectivity index (χ1) is 20.2. The maximum absolute atomic E-state index is 13.8. The van der Waals surface area contributed by atoms with Crippen molar-refractivity contribution >= 4 is 11.3 Å². The van der Waals surface area contributed by atoms with Crippen LogP contribution in [-0.4, -0.2) is 37.3 Å². The smallest absolute Gasteiger partial charge is 0.243 e. The number of hydrogen-bond donors (Lipinski definition) is 2. The van der Waals surface area contributed by atoms with E-state index in [2.05, 4.69) is 42.4 Å². The summed E-state index contributed by atoms with van der Waals surface area (Å²) in [6.45, 7) is 18.1. The second-order valence-electron chi connectivity index (χ2n) is 12.6. The maximum Gasteiger partial charge on any atom is 0.243 e. The van der Waals surface area contributed by atoms with Crippen molar-refractivity contribution in [3.8, 4) is 0 Å². The van der Waals surface area contributed by atoms with Crippen LogP contribution in [0.5, 0.6) is 0 Å². The largest absolute Gasteiger partial charge is 0.388 e. The average Bonchev–Trinajstić information content (AvgIpc) is 3.91. The summed E-state index contributed by atoms with van der Waals surface area (Å²) in [6.07, 6.45) is 7.95. The minimum Gasteiger partial charge on any atom is -0.388 e. The van der Waals surface area contributed by atoms with E-state index in [1.807, 2.05) is 46.7 Å². The van der Waals surface area contributed by atoms with Crippen LogP contribution in [-0.2, 0) is 13.0 Å². The van der Waals surface area contributed by atoms with Crippen LogP contribution >= 0.6 is 0 Å². The number of nitrogens with zero attached hydrogens (tertiary/aromatic N) is 5. The van der Waals surface area contributed by atoms with Crippen LogP contribution in [0.15, 0.2) is 61.6 Å². The summed E-state index contributed by atoms with van der Waals surface area (Å²) in [5.41, 5.74) is 5.36. The highest BCUT2D eigenvalue weighted by Crippen LogP contribution is 2.54. The van der Waals surface area contributed by atoms with E-state index in [0.717, 1.165) is 46.2 Å². The number of nitrogens with one attached hydrogen (secondary N) is 2. The summed E-state index contributed by atoms with van der Waals surface area (Å²) < 4.78 is 31.5. The first-order valence-corrected chi connectivity index (χ1v) is 15.5. The molecule has 3 aromatic rings. The van der Waals surface area contributed by atoms with Crippen molar-refractivity contribution in [2.45, 2.75) is 77.8 Å². The first kappa shape index (κ1) is 28.6. The van der Waals surface area contributed by atoms with Crippen LogP contribution in [0, 0.1) is 29.1 Å². The molecule has 3 unspecified atom stereocenters. The number of imidazole rings is 1. The molecule has 42 heavy (non-hydrogen) atoms. The number of allylic oxidation sites excluding steroid dienone is 1. The molecule has 0 bridgehead atoms. The van der Waals surface area contributed by atoms with Crippen molar-refractivity contribution in [3.63, 3.8) is 0 Å². The number of alkyl halides is 2. The number of aromatic nitrogens is 5. The van der Waals surface area contributed by atoms with Gasteiger partial charge in [0.1, 0.15) is 0 Å². The summed E-state index contributed by atoms with van der Waals surface area (Å²) >= 11 is 0. The Hall–Kier alpha value is -3.49. The van der Waals surface area contributed by atoms with Gasteiger partial charge in [0.05, 0.1) is 35.0 Å². The van der Waals surface area contributed by atoms with Crippen molar-refractivity contribution in [1.82, 2.24) is 35.0 Å². The topological polar surface area (TPSA) is 72.1 Å². The average molecular weight is 576 g/mol. The number of halogens is 2. The SMILES string of the molecule is C=C(NC(c1cn2nc(CC3(C(=C)CC)CC(C(F)F)CNC3=C)ccc2n1)C(C1CC1)C1CC1)c1ccnn1CC. The molecule has 6 rings (SSSR count). The molecule has 7 nitrogen and oxygen atoms in total. The molecular formula is C33H43F2N7. The molecule has 3 aliphatic rings. The van der Waals surface area contributed by atoms with Gasteiger partial charge in [-0.25, -0.2) is 18.3 Å². The Kier molecular flexibility index (Phi) is 7.70. The predicted octanol–water partition coefficient (Wildman–Crippen LogP) is 6.57. The van der Waals surface area contributed by atoms with Crippen LogP contribution in [0.1, 0.15) is 75.5 Å². The maximum atomic E-state index is 13.8. The van der Waals surface area contributed by atoms with E-state index in [4.69, 9.17) is 10.1 Å². The summed E-state index contributed by atoms with van der Waals surface area (Å²) in [7, 11) is 0. The van der Waals surface area contributed by atoms with Crippen molar-refractivity contribution in [2.24, 2.45) is 29.1 Å². The zero-order valence-electron chi connectivity index (χ0n) is 24.8. The van der Waals surface area contributed by atoms with Crippen LogP contribution < -0.4 is 10.6 Å². The van der Waals surface area contributed by atoms with Crippen molar-refractivity contribution in [2.75, 3.05) is 6.54 Å². The van der Waals surface area contributed by atoms with Gasteiger partial charge in [-0.1, -0.05) is 32.2 Å². The highest BCUT2D eigenvalue weighted by Gasteiger charge is 2.47. The van der Waals surface area contributed by atoms with Gasteiger partial charge in [0.15, 0.2) is 5.65 Å². The number of rotatable bonds is 13. The lowest BCUT2D eigenvalue weighted by Crippen LogP contribution is -2.46. The van der Waals surface area contributed by atoms with Gasteiger partial charge in [0.2, 0.25) is 6.43 Å².